The van der Waals surface area contributed by atoms with Gasteiger partial charge in [0.05, 0.1) is 11.8 Å². The SMILES string of the molecule is O=C(Nc1nnc(SCc2ccccc2)s1)/C(=C/c1ccco1)c1ccccc1. The summed E-state index contributed by atoms with van der Waals surface area (Å²) < 4.78 is 6.18. The van der Waals surface area contributed by atoms with Crippen molar-refractivity contribution in [3.8, 4) is 0 Å². The van der Waals surface area contributed by atoms with E-state index in [1.807, 2.05) is 48.5 Å². The number of nitrogens with zero attached hydrogens (tertiary/aromatic N) is 2. The molecule has 0 unspecified atom stereocenters. The van der Waals surface area contributed by atoms with E-state index >= 15 is 0 Å². The minimum Gasteiger partial charge on any atom is -0.465 e. The van der Waals surface area contributed by atoms with Crippen LogP contribution in [0.25, 0.3) is 11.6 Å². The minimum atomic E-state index is -0.261. The summed E-state index contributed by atoms with van der Waals surface area (Å²) in [6.07, 6.45) is 3.30. The molecular weight excluding hydrogens is 402 g/mol. The predicted octanol–water partition coefficient (Wildman–Crippen LogP) is 5.60. The van der Waals surface area contributed by atoms with Crippen LogP contribution < -0.4 is 5.32 Å². The van der Waals surface area contributed by atoms with Gasteiger partial charge in [-0.05, 0) is 29.3 Å². The maximum Gasteiger partial charge on any atom is 0.258 e. The fourth-order valence-corrected chi connectivity index (χ4v) is 4.32. The Morgan fingerprint density at radius 1 is 1.00 bits per heavy atom. The van der Waals surface area contributed by atoms with E-state index in [9.17, 15) is 4.79 Å². The highest BCUT2D eigenvalue weighted by Crippen LogP contribution is 2.29. The van der Waals surface area contributed by atoms with Gasteiger partial charge in [-0.3, -0.25) is 10.1 Å². The summed E-state index contributed by atoms with van der Waals surface area (Å²) in [6.45, 7) is 0. The average Bonchev–Trinajstić information content (AvgIpc) is 3.44. The zero-order valence-corrected chi connectivity index (χ0v) is 17.0. The molecule has 0 aliphatic heterocycles. The molecule has 0 aliphatic carbocycles. The van der Waals surface area contributed by atoms with E-state index in [0.717, 1.165) is 15.7 Å². The summed E-state index contributed by atoms with van der Waals surface area (Å²) in [5.41, 5.74) is 2.50. The van der Waals surface area contributed by atoms with Gasteiger partial charge in [0.15, 0.2) is 4.34 Å². The van der Waals surface area contributed by atoms with Crippen molar-refractivity contribution in [1.82, 2.24) is 10.2 Å². The quantitative estimate of drug-likeness (QED) is 0.240. The van der Waals surface area contributed by atoms with Crippen molar-refractivity contribution in [2.75, 3.05) is 5.32 Å². The Kier molecular flexibility index (Phi) is 6.19. The van der Waals surface area contributed by atoms with Crippen molar-refractivity contribution in [3.05, 3.63) is 95.9 Å². The van der Waals surface area contributed by atoms with E-state index in [0.29, 0.717) is 16.5 Å². The van der Waals surface area contributed by atoms with Gasteiger partial charge in [-0.25, -0.2) is 0 Å². The van der Waals surface area contributed by atoms with Gasteiger partial charge in [-0.1, -0.05) is 83.8 Å². The number of rotatable bonds is 7. The summed E-state index contributed by atoms with van der Waals surface area (Å²) in [7, 11) is 0. The van der Waals surface area contributed by atoms with Crippen LogP contribution in [0.5, 0.6) is 0 Å². The third-order valence-corrected chi connectivity index (χ3v) is 6.03. The molecule has 2 heterocycles. The summed E-state index contributed by atoms with van der Waals surface area (Å²) in [4.78, 5) is 12.9. The third-order valence-electron chi connectivity index (χ3n) is 3.99. The molecule has 4 rings (SSSR count). The van der Waals surface area contributed by atoms with Crippen LogP contribution >= 0.6 is 23.1 Å². The molecule has 1 N–H and O–H groups in total. The number of carbonyl (C=O) groups is 1. The molecule has 0 fully saturated rings. The second kappa shape index (κ2) is 9.36. The van der Waals surface area contributed by atoms with Crippen molar-refractivity contribution in [2.24, 2.45) is 0 Å². The maximum absolute atomic E-state index is 12.9. The number of aromatic nitrogens is 2. The molecular formula is C22H17N3O2S2. The number of anilines is 1. The summed E-state index contributed by atoms with van der Waals surface area (Å²) in [5, 5.41) is 11.6. The molecule has 0 atom stereocenters. The van der Waals surface area contributed by atoms with E-state index in [1.54, 1.807) is 36.2 Å². The fourth-order valence-electron chi connectivity index (χ4n) is 2.62. The van der Waals surface area contributed by atoms with Crippen LogP contribution in [-0.2, 0) is 10.5 Å². The van der Waals surface area contributed by atoms with E-state index in [4.69, 9.17) is 4.42 Å². The fraction of sp³-hybridized carbons (Fsp3) is 0.0455. The van der Waals surface area contributed by atoms with Crippen LogP contribution in [-0.4, -0.2) is 16.1 Å². The first-order valence-corrected chi connectivity index (χ1v) is 10.7. The molecule has 0 bridgehead atoms. The average molecular weight is 420 g/mol. The molecule has 144 valence electrons. The number of amides is 1. The molecule has 0 saturated heterocycles. The molecule has 0 aliphatic rings. The lowest BCUT2D eigenvalue weighted by Crippen LogP contribution is -2.13. The van der Waals surface area contributed by atoms with E-state index < -0.39 is 0 Å². The van der Waals surface area contributed by atoms with E-state index in [2.05, 4.69) is 27.6 Å². The lowest BCUT2D eigenvalue weighted by molar-refractivity contribution is -0.111. The second-order valence-corrected chi connectivity index (χ2v) is 8.24. The minimum absolute atomic E-state index is 0.261. The smallest absolute Gasteiger partial charge is 0.258 e. The van der Waals surface area contributed by atoms with Crippen molar-refractivity contribution in [2.45, 2.75) is 10.1 Å². The topological polar surface area (TPSA) is 68.0 Å². The molecule has 29 heavy (non-hydrogen) atoms. The molecule has 2 aromatic carbocycles. The number of thioether (sulfide) groups is 1. The highest BCUT2D eigenvalue weighted by atomic mass is 32.2. The van der Waals surface area contributed by atoms with Gasteiger partial charge in [0.25, 0.3) is 5.91 Å². The van der Waals surface area contributed by atoms with Crippen LogP contribution in [0.4, 0.5) is 5.13 Å². The van der Waals surface area contributed by atoms with Crippen LogP contribution in [0.1, 0.15) is 16.9 Å². The van der Waals surface area contributed by atoms with Gasteiger partial charge >= 0.3 is 0 Å². The van der Waals surface area contributed by atoms with E-state index in [-0.39, 0.29) is 5.91 Å². The lowest BCUT2D eigenvalue weighted by Gasteiger charge is -2.06. The van der Waals surface area contributed by atoms with Crippen LogP contribution in [0.3, 0.4) is 0 Å². The van der Waals surface area contributed by atoms with Crippen LogP contribution in [0, 0.1) is 0 Å². The van der Waals surface area contributed by atoms with Crippen molar-refractivity contribution in [1.29, 1.82) is 0 Å². The van der Waals surface area contributed by atoms with Crippen molar-refractivity contribution in [3.63, 3.8) is 0 Å². The van der Waals surface area contributed by atoms with Crippen LogP contribution in [0.15, 0.2) is 87.8 Å². The Morgan fingerprint density at radius 3 is 2.48 bits per heavy atom. The lowest BCUT2D eigenvalue weighted by atomic mass is 10.0. The Balaban J connectivity index is 1.47. The molecule has 5 nitrogen and oxygen atoms in total. The standard InChI is InChI=1S/C22H17N3O2S2/c26-20(19(14-18-12-7-13-27-18)17-10-5-2-6-11-17)23-21-24-25-22(29-21)28-15-16-8-3-1-4-9-16/h1-14H,15H2,(H,23,24,26)/b19-14+. The summed E-state index contributed by atoms with van der Waals surface area (Å²) >= 11 is 2.95. The molecule has 0 spiro atoms. The number of hydrogen-bond acceptors (Lipinski definition) is 6. The molecule has 0 radical (unpaired) electrons. The van der Waals surface area contributed by atoms with Gasteiger partial charge < -0.3 is 4.42 Å². The largest absolute Gasteiger partial charge is 0.465 e. The number of furan rings is 1. The third kappa shape index (κ3) is 5.22. The van der Waals surface area contributed by atoms with Gasteiger partial charge in [-0.2, -0.15) is 0 Å². The van der Waals surface area contributed by atoms with E-state index in [1.165, 1.54) is 16.9 Å². The molecule has 7 heteroatoms. The zero-order chi connectivity index (χ0) is 19.9. The highest BCUT2D eigenvalue weighted by Gasteiger charge is 2.15. The second-order valence-electron chi connectivity index (χ2n) is 6.04. The van der Waals surface area contributed by atoms with Gasteiger partial charge in [0.2, 0.25) is 5.13 Å². The van der Waals surface area contributed by atoms with Gasteiger partial charge in [0.1, 0.15) is 5.76 Å². The van der Waals surface area contributed by atoms with Crippen molar-refractivity contribution >= 4 is 45.8 Å². The number of carbonyl (C=O) groups excluding carboxylic acids is 1. The Hall–Kier alpha value is -3.16. The van der Waals surface area contributed by atoms with Crippen LogP contribution in [0.2, 0.25) is 0 Å². The number of benzene rings is 2. The number of hydrogen-bond donors (Lipinski definition) is 1. The monoisotopic (exact) mass is 419 g/mol. The summed E-state index contributed by atoms with van der Waals surface area (Å²) in [5.74, 6) is 1.15. The Labute approximate surface area is 176 Å². The Morgan fingerprint density at radius 2 is 1.76 bits per heavy atom. The number of nitrogens with one attached hydrogen (secondary N) is 1. The first-order valence-electron chi connectivity index (χ1n) is 8.90. The summed E-state index contributed by atoms with van der Waals surface area (Å²) in [6, 6.07) is 23.2. The van der Waals surface area contributed by atoms with Crippen molar-refractivity contribution < 1.29 is 9.21 Å². The highest BCUT2D eigenvalue weighted by molar-refractivity contribution is 8.00. The Bertz CT molecular complexity index is 1090. The molecule has 0 saturated carbocycles. The predicted molar refractivity (Wildman–Crippen MR) is 118 cm³/mol. The maximum atomic E-state index is 12.9. The first-order chi connectivity index (χ1) is 14.3. The van der Waals surface area contributed by atoms with Gasteiger partial charge in [-0.15, -0.1) is 10.2 Å². The molecule has 1 amide bonds. The first kappa shape index (κ1) is 19.2. The van der Waals surface area contributed by atoms with Gasteiger partial charge in [0, 0.05) is 5.75 Å². The zero-order valence-electron chi connectivity index (χ0n) is 15.3. The molecule has 4 aromatic rings. The normalized spacial score (nSPS) is 11.4. The molecule has 2 aromatic heterocycles.